The van der Waals surface area contributed by atoms with Crippen molar-refractivity contribution in [1.29, 1.82) is 0 Å². The molecule has 2 bridgehead atoms. The summed E-state index contributed by atoms with van der Waals surface area (Å²) in [5, 5.41) is 9.70. The molecule has 0 amide bonds. The molecule has 1 fully saturated rings. The van der Waals surface area contributed by atoms with E-state index in [9.17, 15) is 9.90 Å². The summed E-state index contributed by atoms with van der Waals surface area (Å²) in [6.45, 7) is 2.07. The summed E-state index contributed by atoms with van der Waals surface area (Å²) in [4.78, 5) is 12.7. The first kappa shape index (κ1) is 11.8. The largest absolute Gasteiger partial charge is 0.508 e. The van der Waals surface area contributed by atoms with Gasteiger partial charge in [-0.15, -0.1) is 0 Å². The number of hydrogen-bond acceptors (Lipinski definition) is 2. The van der Waals surface area contributed by atoms with Gasteiger partial charge in [0.05, 0.1) is 5.41 Å². The van der Waals surface area contributed by atoms with Gasteiger partial charge in [-0.3, -0.25) is 4.79 Å². The van der Waals surface area contributed by atoms with Gasteiger partial charge in [-0.1, -0.05) is 25.3 Å². The topological polar surface area (TPSA) is 37.3 Å². The summed E-state index contributed by atoms with van der Waals surface area (Å²) < 4.78 is 0. The van der Waals surface area contributed by atoms with Crippen LogP contribution in [0, 0.1) is 5.92 Å². The number of carbonyl (C=O) groups excluding carboxylic acids is 1. The van der Waals surface area contributed by atoms with Crippen molar-refractivity contribution in [3.05, 3.63) is 29.3 Å². The Labute approximate surface area is 108 Å². The van der Waals surface area contributed by atoms with Crippen molar-refractivity contribution in [1.82, 2.24) is 0 Å². The zero-order chi connectivity index (χ0) is 12.8. The number of rotatable bonds is 0. The highest BCUT2D eigenvalue weighted by Gasteiger charge is 2.44. The zero-order valence-corrected chi connectivity index (χ0v) is 10.9. The summed E-state index contributed by atoms with van der Waals surface area (Å²) >= 11 is 0. The van der Waals surface area contributed by atoms with E-state index in [-0.39, 0.29) is 17.1 Å². The summed E-state index contributed by atoms with van der Waals surface area (Å²) in [5.41, 5.74) is 1.98. The minimum Gasteiger partial charge on any atom is -0.508 e. The van der Waals surface area contributed by atoms with Gasteiger partial charge >= 0.3 is 0 Å². The molecule has 2 aliphatic carbocycles. The Bertz CT molecular complexity index is 492. The molecular formula is C16H20O2. The Hall–Kier alpha value is -1.31. The summed E-state index contributed by atoms with van der Waals surface area (Å²) in [6, 6.07) is 5.56. The van der Waals surface area contributed by atoms with E-state index in [4.69, 9.17) is 0 Å². The molecule has 0 heterocycles. The summed E-state index contributed by atoms with van der Waals surface area (Å²) in [5.74, 6) is 0.885. The molecule has 1 aromatic rings. The molecule has 1 saturated carbocycles. The fourth-order valence-corrected chi connectivity index (χ4v) is 3.73. The van der Waals surface area contributed by atoms with Crippen LogP contribution in [0.15, 0.2) is 18.2 Å². The maximum atomic E-state index is 12.7. The van der Waals surface area contributed by atoms with Crippen LogP contribution in [-0.2, 0) is 16.6 Å². The molecule has 3 rings (SSSR count). The van der Waals surface area contributed by atoms with E-state index in [2.05, 4.69) is 6.92 Å². The molecule has 1 aromatic carbocycles. The van der Waals surface area contributed by atoms with E-state index in [0.29, 0.717) is 5.78 Å². The molecule has 0 aromatic heterocycles. The van der Waals surface area contributed by atoms with E-state index in [0.717, 1.165) is 31.2 Å². The van der Waals surface area contributed by atoms with E-state index in [1.54, 1.807) is 6.07 Å². The number of phenols is 1. The first-order valence-electron chi connectivity index (χ1n) is 6.98. The van der Waals surface area contributed by atoms with Crippen LogP contribution < -0.4 is 0 Å². The third-order valence-corrected chi connectivity index (χ3v) is 4.80. The molecule has 18 heavy (non-hydrogen) atoms. The van der Waals surface area contributed by atoms with Gasteiger partial charge in [0, 0.05) is 5.92 Å². The predicted molar refractivity (Wildman–Crippen MR) is 70.7 cm³/mol. The SMILES string of the molecule is CC12CCCCCC(Cc3ccc(O)cc31)C2=O. The lowest BCUT2D eigenvalue weighted by molar-refractivity contribution is -0.129. The quantitative estimate of drug-likeness (QED) is 0.760. The van der Waals surface area contributed by atoms with E-state index < -0.39 is 0 Å². The van der Waals surface area contributed by atoms with E-state index in [1.807, 2.05) is 12.1 Å². The number of fused-ring (bicyclic) bond motifs is 4. The average molecular weight is 244 g/mol. The van der Waals surface area contributed by atoms with Crippen molar-refractivity contribution in [3.63, 3.8) is 0 Å². The second kappa shape index (κ2) is 4.11. The first-order chi connectivity index (χ1) is 8.61. The lowest BCUT2D eigenvalue weighted by Gasteiger charge is -2.40. The minimum absolute atomic E-state index is 0.201. The van der Waals surface area contributed by atoms with Crippen LogP contribution >= 0.6 is 0 Å². The molecule has 2 atom stereocenters. The van der Waals surface area contributed by atoms with E-state index in [1.165, 1.54) is 18.4 Å². The normalized spacial score (nSPS) is 31.4. The van der Waals surface area contributed by atoms with Crippen LogP contribution in [0.5, 0.6) is 5.75 Å². The van der Waals surface area contributed by atoms with Gasteiger partial charge < -0.3 is 5.11 Å². The van der Waals surface area contributed by atoms with Crippen LogP contribution in [0.1, 0.15) is 50.2 Å². The van der Waals surface area contributed by atoms with Crippen LogP contribution in [0.2, 0.25) is 0 Å². The standard InChI is InChI=1S/C16H20O2/c1-16-8-4-2-3-5-12(15(16)18)9-11-6-7-13(17)10-14(11)16/h6-7,10,12,17H,2-5,8-9H2,1H3. The monoisotopic (exact) mass is 244 g/mol. The number of carbonyl (C=O) groups is 1. The Balaban J connectivity index is 2.15. The number of benzene rings is 1. The molecule has 0 spiro atoms. The van der Waals surface area contributed by atoms with Crippen molar-refractivity contribution >= 4 is 5.78 Å². The van der Waals surface area contributed by atoms with Gasteiger partial charge in [0.1, 0.15) is 11.5 Å². The molecule has 0 saturated heterocycles. The number of Topliss-reactive ketones (excluding diaryl/α,β-unsaturated/α-hetero) is 1. The molecule has 96 valence electrons. The van der Waals surface area contributed by atoms with Crippen LogP contribution in [0.4, 0.5) is 0 Å². The van der Waals surface area contributed by atoms with Gasteiger partial charge in [0.25, 0.3) is 0 Å². The molecule has 2 unspecified atom stereocenters. The number of aromatic hydroxyl groups is 1. The molecule has 2 nitrogen and oxygen atoms in total. The highest BCUT2D eigenvalue weighted by atomic mass is 16.3. The van der Waals surface area contributed by atoms with Crippen molar-refractivity contribution in [3.8, 4) is 5.75 Å². The second-order valence-corrected chi connectivity index (χ2v) is 6.04. The average Bonchev–Trinajstić information content (AvgIpc) is 2.35. The lowest BCUT2D eigenvalue weighted by Crippen LogP contribution is -2.43. The van der Waals surface area contributed by atoms with Crippen molar-refractivity contribution in [2.45, 2.75) is 50.9 Å². The first-order valence-corrected chi connectivity index (χ1v) is 6.98. The Morgan fingerprint density at radius 3 is 2.94 bits per heavy atom. The number of phenolic OH excluding ortho intramolecular Hbond substituents is 1. The summed E-state index contributed by atoms with van der Waals surface area (Å²) in [6.07, 6.45) is 6.36. The lowest BCUT2D eigenvalue weighted by atomic mass is 9.62. The van der Waals surface area contributed by atoms with Gasteiger partial charge in [0.2, 0.25) is 0 Å². The maximum Gasteiger partial charge on any atom is 0.146 e. The van der Waals surface area contributed by atoms with Crippen molar-refractivity contribution in [2.75, 3.05) is 0 Å². The molecule has 2 heteroatoms. The van der Waals surface area contributed by atoms with Gasteiger partial charge in [-0.05, 0) is 49.4 Å². The van der Waals surface area contributed by atoms with Crippen molar-refractivity contribution in [2.24, 2.45) is 5.92 Å². The summed E-state index contributed by atoms with van der Waals surface area (Å²) in [7, 11) is 0. The van der Waals surface area contributed by atoms with Crippen LogP contribution in [0.3, 0.4) is 0 Å². The number of hydrogen-bond donors (Lipinski definition) is 1. The molecular weight excluding hydrogens is 224 g/mol. The third kappa shape index (κ3) is 1.66. The van der Waals surface area contributed by atoms with Crippen molar-refractivity contribution < 1.29 is 9.90 Å². The van der Waals surface area contributed by atoms with Crippen LogP contribution in [-0.4, -0.2) is 10.9 Å². The maximum absolute atomic E-state index is 12.7. The third-order valence-electron chi connectivity index (χ3n) is 4.80. The van der Waals surface area contributed by atoms with Gasteiger partial charge in [-0.25, -0.2) is 0 Å². The fraction of sp³-hybridized carbons (Fsp3) is 0.562. The molecule has 0 aliphatic heterocycles. The molecule has 2 aliphatic rings. The molecule has 1 N–H and O–H groups in total. The Morgan fingerprint density at radius 2 is 2.11 bits per heavy atom. The van der Waals surface area contributed by atoms with Crippen LogP contribution in [0.25, 0.3) is 0 Å². The minimum atomic E-state index is -0.364. The fourth-order valence-electron chi connectivity index (χ4n) is 3.73. The smallest absolute Gasteiger partial charge is 0.146 e. The molecule has 0 radical (unpaired) electrons. The second-order valence-electron chi connectivity index (χ2n) is 6.04. The zero-order valence-electron chi connectivity index (χ0n) is 10.9. The number of ketones is 1. The predicted octanol–water partition coefficient (Wildman–Crippen LogP) is 3.36. The Morgan fingerprint density at radius 1 is 1.28 bits per heavy atom. The highest BCUT2D eigenvalue weighted by molar-refractivity contribution is 5.94. The Kier molecular flexibility index (Phi) is 2.69. The van der Waals surface area contributed by atoms with E-state index >= 15 is 0 Å². The highest BCUT2D eigenvalue weighted by Crippen LogP contribution is 2.44. The van der Waals surface area contributed by atoms with Gasteiger partial charge in [-0.2, -0.15) is 0 Å². The van der Waals surface area contributed by atoms with Gasteiger partial charge in [0.15, 0.2) is 0 Å².